The van der Waals surface area contributed by atoms with E-state index >= 15 is 0 Å². The Hall–Kier alpha value is -1.72. The lowest BCUT2D eigenvalue weighted by Gasteiger charge is -2.33. The van der Waals surface area contributed by atoms with Crippen LogP contribution < -0.4 is 10.6 Å². The van der Waals surface area contributed by atoms with Gasteiger partial charge in [0.2, 0.25) is 5.91 Å². The number of halogens is 1. The molecule has 2 N–H and O–H groups in total. The van der Waals surface area contributed by atoms with Crippen molar-refractivity contribution in [2.75, 3.05) is 33.7 Å². The summed E-state index contributed by atoms with van der Waals surface area (Å²) in [6.07, 6.45) is 3.92. The highest BCUT2D eigenvalue weighted by atomic mass is 127. The van der Waals surface area contributed by atoms with Gasteiger partial charge in [0.15, 0.2) is 5.96 Å². The number of guanidine groups is 1. The second-order valence-corrected chi connectivity index (χ2v) is 8.43. The Morgan fingerprint density at radius 3 is 2.70 bits per heavy atom. The molecular formula is C21H31IN6OS. The summed E-state index contributed by atoms with van der Waals surface area (Å²) in [5.41, 5.74) is 1.11. The van der Waals surface area contributed by atoms with Gasteiger partial charge in [0.05, 0.1) is 12.2 Å². The van der Waals surface area contributed by atoms with Gasteiger partial charge < -0.3 is 15.5 Å². The van der Waals surface area contributed by atoms with Crippen molar-refractivity contribution in [3.8, 4) is 0 Å². The van der Waals surface area contributed by atoms with Crippen molar-refractivity contribution in [1.82, 2.24) is 25.4 Å². The summed E-state index contributed by atoms with van der Waals surface area (Å²) in [6.45, 7) is 3.78. The molecular weight excluding hydrogens is 511 g/mol. The Morgan fingerprint density at radius 1 is 1.27 bits per heavy atom. The highest BCUT2D eigenvalue weighted by molar-refractivity contribution is 14.0. The summed E-state index contributed by atoms with van der Waals surface area (Å²) in [5.74, 6) is 0.698. The number of piperidine rings is 1. The number of hydrogen-bond donors (Lipinski definition) is 2. The number of carbonyl (C=O) groups excluding carboxylic acids is 1. The number of nitrogens with one attached hydrogen (secondary N) is 2. The number of likely N-dealkylation sites (tertiary alicyclic amines) is 1. The second kappa shape index (κ2) is 12.9. The first-order chi connectivity index (χ1) is 14.1. The van der Waals surface area contributed by atoms with Gasteiger partial charge in [-0.05, 0) is 36.4 Å². The van der Waals surface area contributed by atoms with Gasteiger partial charge in [-0.3, -0.25) is 14.7 Å². The Labute approximate surface area is 200 Å². The fourth-order valence-corrected chi connectivity index (χ4v) is 3.82. The van der Waals surface area contributed by atoms with E-state index in [1.165, 1.54) is 4.88 Å². The molecule has 3 heterocycles. The SMILES string of the molecule is CN(C)C(=O)CN=C(NCc1cccs1)NC1CCN(Cc2ccccn2)CC1.I. The van der Waals surface area contributed by atoms with Crippen LogP contribution in [0.4, 0.5) is 0 Å². The normalized spacial score (nSPS) is 15.3. The zero-order valence-electron chi connectivity index (χ0n) is 17.6. The Morgan fingerprint density at radius 2 is 2.07 bits per heavy atom. The minimum Gasteiger partial charge on any atom is -0.354 e. The molecule has 30 heavy (non-hydrogen) atoms. The zero-order valence-corrected chi connectivity index (χ0v) is 20.7. The predicted molar refractivity (Wildman–Crippen MR) is 133 cm³/mol. The fraction of sp³-hybridized carbons (Fsp3) is 0.476. The molecule has 0 unspecified atom stereocenters. The molecule has 0 aromatic carbocycles. The van der Waals surface area contributed by atoms with Crippen LogP contribution >= 0.6 is 35.3 Å². The number of amides is 1. The standard InChI is InChI=1S/C21H30N6OS.HI/c1-26(2)20(28)15-24-21(23-14-19-7-5-13-29-19)25-17-8-11-27(12-9-17)16-18-6-3-4-10-22-18;/h3-7,10,13,17H,8-9,11-12,14-16H2,1-2H3,(H2,23,24,25);1H. The van der Waals surface area contributed by atoms with Crippen LogP contribution in [0, 0.1) is 0 Å². The van der Waals surface area contributed by atoms with Crippen LogP contribution in [0.3, 0.4) is 0 Å². The largest absolute Gasteiger partial charge is 0.354 e. The first kappa shape index (κ1) is 24.5. The average Bonchev–Trinajstić information content (AvgIpc) is 3.25. The van der Waals surface area contributed by atoms with E-state index in [0.717, 1.165) is 38.2 Å². The van der Waals surface area contributed by atoms with Crippen LogP contribution in [0.15, 0.2) is 46.9 Å². The van der Waals surface area contributed by atoms with E-state index < -0.39 is 0 Å². The minimum atomic E-state index is -0.00703. The van der Waals surface area contributed by atoms with Gasteiger partial charge in [0.1, 0.15) is 6.54 Å². The summed E-state index contributed by atoms with van der Waals surface area (Å²) in [5, 5.41) is 8.96. The van der Waals surface area contributed by atoms with E-state index in [2.05, 4.69) is 43.0 Å². The lowest BCUT2D eigenvalue weighted by atomic mass is 10.0. The summed E-state index contributed by atoms with van der Waals surface area (Å²) in [6, 6.07) is 10.5. The van der Waals surface area contributed by atoms with Crippen molar-refractivity contribution < 1.29 is 4.79 Å². The van der Waals surface area contributed by atoms with Crippen molar-refractivity contribution in [2.45, 2.75) is 32.0 Å². The van der Waals surface area contributed by atoms with Gasteiger partial charge in [-0.2, -0.15) is 0 Å². The van der Waals surface area contributed by atoms with Gasteiger partial charge in [-0.1, -0.05) is 12.1 Å². The maximum Gasteiger partial charge on any atom is 0.243 e. The fourth-order valence-electron chi connectivity index (χ4n) is 3.17. The minimum absolute atomic E-state index is 0. The number of rotatable bonds is 7. The third kappa shape index (κ3) is 8.19. The van der Waals surface area contributed by atoms with E-state index in [0.29, 0.717) is 18.5 Å². The Bertz CT molecular complexity index is 776. The maximum absolute atomic E-state index is 11.9. The number of aromatic nitrogens is 1. The van der Waals surface area contributed by atoms with Gasteiger partial charge in [-0.25, -0.2) is 4.99 Å². The lowest BCUT2D eigenvalue weighted by Crippen LogP contribution is -2.48. The molecule has 0 bridgehead atoms. The van der Waals surface area contributed by atoms with Gasteiger partial charge in [-0.15, -0.1) is 35.3 Å². The van der Waals surface area contributed by atoms with Crippen LogP contribution in [-0.4, -0.2) is 66.4 Å². The van der Waals surface area contributed by atoms with Crippen LogP contribution in [0.25, 0.3) is 0 Å². The quantitative estimate of drug-likeness (QED) is 0.320. The number of carbonyl (C=O) groups is 1. The van der Waals surface area contributed by atoms with Crippen LogP contribution in [-0.2, 0) is 17.9 Å². The van der Waals surface area contributed by atoms with E-state index in [4.69, 9.17) is 0 Å². The highest BCUT2D eigenvalue weighted by Crippen LogP contribution is 2.13. The third-order valence-corrected chi connectivity index (χ3v) is 5.80. The van der Waals surface area contributed by atoms with Crippen LogP contribution in [0.1, 0.15) is 23.4 Å². The molecule has 7 nitrogen and oxygen atoms in total. The second-order valence-electron chi connectivity index (χ2n) is 7.40. The molecule has 0 saturated carbocycles. The van der Waals surface area contributed by atoms with Crippen molar-refractivity contribution in [2.24, 2.45) is 4.99 Å². The first-order valence-electron chi connectivity index (χ1n) is 10.00. The summed E-state index contributed by atoms with van der Waals surface area (Å²) in [4.78, 5) is 26.1. The number of likely N-dealkylation sites (N-methyl/N-ethyl adjacent to an activating group) is 1. The topological polar surface area (TPSA) is 72.9 Å². The van der Waals surface area contributed by atoms with Crippen LogP contribution in [0.2, 0.25) is 0 Å². The van der Waals surface area contributed by atoms with E-state index in [1.54, 1.807) is 30.3 Å². The molecule has 0 atom stereocenters. The zero-order chi connectivity index (χ0) is 20.5. The molecule has 3 rings (SSSR count). The summed E-state index contributed by atoms with van der Waals surface area (Å²) >= 11 is 1.71. The molecule has 9 heteroatoms. The molecule has 0 spiro atoms. The molecule has 0 aliphatic carbocycles. The summed E-state index contributed by atoms with van der Waals surface area (Å²) in [7, 11) is 3.50. The van der Waals surface area contributed by atoms with Gasteiger partial charge >= 0.3 is 0 Å². The molecule has 1 aliphatic heterocycles. The van der Waals surface area contributed by atoms with Crippen molar-refractivity contribution in [1.29, 1.82) is 0 Å². The molecule has 1 aliphatic rings. The molecule has 1 saturated heterocycles. The molecule has 164 valence electrons. The molecule has 2 aromatic heterocycles. The smallest absolute Gasteiger partial charge is 0.243 e. The van der Waals surface area contributed by atoms with E-state index in [1.807, 2.05) is 24.4 Å². The molecule has 1 amide bonds. The summed E-state index contributed by atoms with van der Waals surface area (Å²) < 4.78 is 0. The Kier molecular flexibility index (Phi) is 10.5. The van der Waals surface area contributed by atoms with Crippen molar-refractivity contribution in [3.63, 3.8) is 0 Å². The average molecular weight is 542 g/mol. The van der Waals surface area contributed by atoms with Crippen LogP contribution in [0.5, 0.6) is 0 Å². The number of thiophene rings is 1. The van der Waals surface area contributed by atoms with E-state index in [-0.39, 0.29) is 36.4 Å². The molecule has 0 radical (unpaired) electrons. The number of pyridine rings is 1. The molecule has 2 aromatic rings. The monoisotopic (exact) mass is 542 g/mol. The highest BCUT2D eigenvalue weighted by Gasteiger charge is 2.20. The van der Waals surface area contributed by atoms with Gasteiger partial charge in [0, 0.05) is 50.8 Å². The number of aliphatic imine (C=N–C) groups is 1. The third-order valence-electron chi connectivity index (χ3n) is 4.92. The van der Waals surface area contributed by atoms with Crippen molar-refractivity contribution in [3.05, 3.63) is 52.5 Å². The predicted octanol–water partition coefficient (Wildman–Crippen LogP) is 2.55. The maximum atomic E-state index is 11.9. The van der Waals surface area contributed by atoms with Gasteiger partial charge in [0.25, 0.3) is 0 Å². The lowest BCUT2D eigenvalue weighted by molar-refractivity contribution is -0.127. The van der Waals surface area contributed by atoms with E-state index in [9.17, 15) is 4.79 Å². The van der Waals surface area contributed by atoms with Crippen molar-refractivity contribution >= 4 is 47.2 Å². The molecule has 1 fully saturated rings. The number of nitrogens with zero attached hydrogens (tertiary/aromatic N) is 4. The first-order valence-corrected chi connectivity index (χ1v) is 10.9. The number of hydrogen-bond acceptors (Lipinski definition) is 5. The Balaban J connectivity index is 0.00000320.